The van der Waals surface area contributed by atoms with Crippen molar-refractivity contribution in [1.29, 1.82) is 0 Å². The molecule has 5 aliphatic rings. The van der Waals surface area contributed by atoms with Gasteiger partial charge in [0.05, 0.1) is 11.4 Å². The van der Waals surface area contributed by atoms with Gasteiger partial charge in [0.2, 0.25) is 0 Å². The number of aromatic nitrogens is 1. The Hall–Kier alpha value is -4.51. The first-order valence-corrected chi connectivity index (χ1v) is 16.4. The van der Waals surface area contributed by atoms with Crippen LogP contribution in [0.1, 0.15) is 51.0 Å². The molecule has 5 aromatic rings. The van der Waals surface area contributed by atoms with Gasteiger partial charge in [0.25, 0.3) is 6.71 Å². The molecule has 2 bridgehead atoms. The van der Waals surface area contributed by atoms with Crippen LogP contribution in [0.2, 0.25) is 0 Å². The molecule has 4 heterocycles. The minimum atomic E-state index is -0.354. The number of pyridine rings is 1. The summed E-state index contributed by atoms with van der Waals surface area (Å²) in [7, 11) is 0. The highest BCUT2D eigenvalue weighted by Crippen LogP contribution is 2.57. The first-order chi connectivity index (χ1) is 21.6. The molecule has 3 atom stereocenters. The van der Waals surface area contributed by atoms with E-state index in [1.165, 1.54) is 81.8 Å². The second-order valence-electron chi connectivity index (χ2n) is 14.0. The van der Waals surface area contributed by atoms with E-state index >= 15 is 0 Å². The summed E-state index contributed by atoms with van der Waals surface area (Å²) >= 11 is 0. The maximum atomic E-state index is 4.88. The summed E-state index contributed by atoms with van der Waals surface area (Å²) in [6.07, 6.45) is 7.45. The molecule has 4 aromatic carbocycles. The summed E-state index contributed by atoms with van der Waals surface area (Å²) in [6, 6.07) is 38.5. The van der Waals surface area contributed by atoms with Crippen LogP contribution in [0.5, 0.6) is 0 Å². The Balaban J connectivity index is 1.30. The largest absolute Gasteiger partial charge is 0.317 e. The van der Waals surface area contributed by atoms with Crippen LogP contribution in [-0.2, 0) is 0 Å². The standard InChI is InChI=1S/C39H35BN4/c1-39(2)43(36-17-8-9-20-41-36)33-16-10-14-31-38(33)44(39)35-24-27(29-22-25-18-19-26(29)21-25)23-34-37(35)40(31)30-13-6-7-15-32(30)42(34)28-11-4-3-5-12-28/h3-17,20,23-26,29H,18-19,21-22H2,1-2H3. The molecule has 214 valence electrons. The molecule has 4 nitrogen and oxygen atoms in total. The minimum absolute atomic E-state index is 0.163. The van der Waals surface area contributed by atoms with Crippen LogP contribution in [0.25, 0.3) is 0 Å². The molecule has 0 N–H and O–H groups in total. The molecule has 0 saturated heterocycles. The maximum Gasteiger partial charge on any atom is 0.252 e. The van der Waals surface area contributed by atoms with Gasteiger partial charge in [-0.1, -0.05) is 61.0 Å². The van der Waals surface area contributed by atoms with Crippen molar-refractivity contribution >= 4 is 63.0 Å². The fourth-order valence-corrected chi connectivity index (χ4v) is 9.75. The van der Waals surface area contributed by atoms with Crippen molar-refractivity contribution in [3.05, 3.63) is 115 Å². The zero-order chi connectivity index (χ0) is 29.2. The zero-order valence-electron chi connectivity index (χ0n) is 25.3. The Morgan fingerprint density at radius 3 is 2.27 bits per heavy atom. The molecule has 2 aliphatic carbocycles. The van der Waals surface area contributed by atoms with Crippen LogP contribution in [0, 0.1) is 11.8 Å². The third kappa shape index (κ3) is 3.17. The Morgan fingerprint density at radius 1 is 0.705 bits per heavy atom. The van der Waals surface area contributed by atoms with E-state index in [1.54, 1.807) is 0 Å². The van der Waals surface area contributed by atoms with Crippen molar-refractivity contribution in [3.8, 4) is 0 Å². The van der Waals surface area contributed by atoms with Crippen molar-refractivity contribution in [2.24, 2.45) is 11.8 Å². The SMILES string of the molecule is CC1(C)N(c2ccccn2)c2cccc3c2N1c1cc(C2CC4CCC2C4)cc2c1B3c1ccccc1N2c1ccccc1. The van der Waals surface area contributed by atoms with E-state index < -0.39 is 0 Å². The third-order valence-corrected chi connectivity index (χ3v) is 11.4. The molecule has 0 amide bonds. The molecule has 2 fully saturated rings. The Kier molecular flexibility index (Phi) is 4.97. The molecule has 3 aliphatic heterocycles. The van der Waals surface area contributed by atoms with Crippen LogP contribution in [-0.4, -0.2) is 17.4 Å². The quantitative estimate of drug-likeness (QED) is 0.204. The van der Waals surface area contributed by atoms with Crippen LogP contribution in [0.3, 0.4) is 0 Å². The Morgan fingerprint density at radius 2 is 1.48 bits per heavy atom. The van der Waals surface area contributed by atoms with Crippen molar-refractivity contribution < 1.29 is 0 Å². The van der Waals surface area contributed by atoms with Gasteiger partial charge in [0.1, 0.15) is 11.5 Å². The van der Waals surface area contributed by atoms with Crippen molar-refractivity contribution in [3.63, 3.8) is 0 Å². The fourth-order valence-electron chi connectivity index (χ4n) is 9.75. The number of hydrogen-bond donors (Lipinski definition) is 0. The van der Waals surface area contributed by atoms with Gasteiger partial charge in [0.15, 0.2) is 0 Å². The summed E-state index contributed by atoms with van der Waals surface area (Å²) in [6.45, 7) is 4.90. The van der Waals surface area contributed by atoms with Gasteiger partial charge >= 0.3 is 0 Å². The summed E-state index contributed by atoms with van der Waals surface area (Å²) in [5.41, 5.74) is 13.2. The molecule has 1 aromatic heterocycles. The zero-order valence-corrected chi connectivity index (χ0v) is 25.3. The molecular formula is C39H35BN4. The lowest BCUT2D eigenvalue weighted by Gasteiger charge is -2.47. The summed E-state index contributed by atoms with van der Waals surface area (Å²) < 4.78 is 0. The summed E-state index contributed by atoms with van der Waals surface area (Å²) in [4.78, 5) is 12.6. The average molecular weight is 571 g/mol. The number of nitrogens with zero attached hydrogens (tertiary/aromatic N) is 4. The summed E-state index contributed by atoms with van der Waals surface area (Å²) in [5, 5.41) is 0. The van der Waals surface area contributed by atoms with Gasteiger partial charge in [0, 0.05) is 28.9 Å². The number of rotatable bonds is 3. The second kappa shape index (κ2) is 8.78. The van der Waals surface area contributed by atoms with Crippen molar-refractivity contribution in [2.45, 2.75) is 51.1 Å². The van der Waals surface area contributed by atoms with Gasteiger partial charge in [-0.3, -0.25) is 0 Å². The lowest BCUT2D eigenvalue weighted by molar-refractivity contribution is 0.420. The fraction of sp³-hybridized carbons (Fsp3) is 0.256. The molecule has 0 spiro atoms. The van der Waals surface area contributed by atoms with Gasteiger partial charge in [-0.2, -0.15) is 0 Å². The predicted octanol–water partition coefficient (Wildman–Crippen LogP) is 7.62. The molecule has 2 saturated carbocycles. The highest BCUT2D eigenvalue weighted by molar-refractivity contribution is 7.00. The number of fused-ring (bicyclic) bond motifs is 6. The Labute approximate surface area is 260 Å². The smallest absolute Gasteiger partial charge is 0.252 e. The lowest BCUT2D eigenvalue weighted by Crippen LogP contribution is -2.63. The molecule has 3 unspecified atom stereocenters. The minimum Gasteiger partial charge on any atom is -0.317 e. The van der Waals surface area contributed by atoms with Gasteiger partial charge < -0.3 is 14.7 Å². The van der Waals surface area contributed by atoms with E-state index in [9.17, 15) is 0 Å². The number of anilines is 7. The lowest BCUT2D eigenvalue weighted by atomic mass is 9.33. The van der Waals surface area contributed by atoms with Crippen LogP contribution < -0.4 is 31.1 Å². The number of benzene rings is 4. The molecule has 0 radical (unpaired) electrons. The normalized spacial score (nSPS) is 23.1. The average Bonchev–Trinajstić information content (AvgIpc) is 3.76. The third-order valence-electron chi connectivity index (χ3n) is 11.4. The first kappa shape index (κ1) is 24.9. The van der Waals surface area contributed by atoms with E-state index in [-0.39, 0.29) is 12.4 Å². The van der Waals surface area contributed by atoms with E-state index in [1.807, 2.05) is 12.3 Å². The highest BCUT2D eigenvalue weighted by Gasteiger charge is 2.53. The van der Waals surface area contributed by atoms with Crippen LogP contribution >= 0.6 is 0 Å². The van der Waals surface area contributed by atoms with Crippen molar-refractivity contribution in [1.82, 2.24) is 4.98 Å². The van der Waals surface area contributed by atoms with Crippen LogP contribution in [0.4, 0.5) is 39.9 Å². The van der Waals surface area contributed by atoms with E-state index in [4.69, 9.17) is 4.98 Å². The number of hydrogen-bond acceptors (Lipinski definition) is 4. The topological polar surface area (TPSA) is 22.6 Å². The molecule has 5 heteroatoms. The second-order valence-corrected chi connectivity index (χ2v) is 14.0. The van der Waals surface area contributed by atoms with Gasteiger partial charge in [-0.15, -0.1) is 0 Å². The van der Waals surface area contributed by atoms with Crippen LogP contribution in [0.15, 0.2) is 109 Å². The predicted molar refractivity (Wildman–Crippen MR) is 183 cm³/mol. The van der Waals surface area contributed by atoms with Crippen molar-refractivity contribution in [2.75, 3.05) is 14.7 Å². The maximum absolute atomic E-state index is 4.88. The first-order valence-electron chi connectivity index (χ1n) is 16.4. The van der Waals surface area contributed by atoms with E-state index in [0.29, 0.717) is 5.92 Å². The van der Waals surface area contributed by atoms with E-state index in [2.05, 4.69) is 126 Å². The Bertz CT molecular complexity index is 1950. The van der Waals surface area contributed by atoms with Gasteiger partial charge in [-0.25, -0.2) is 4.98 Å². The molecule has 10 rings (SSSR count). The monoisotopic (exact) mass is 570 g/mol. The molecular weight excluding hydrogens is 535 g/mol. The van der Waals surface area contributed by atoms with E-state index in [0.717, 1.165) is 17.7 Å². The highest BCUT2D eigenvalue weighted by atomic mass is 15.5. The number of para-hydroxylation sites is 3. The summed E-state index contributed by atoms with van der Waals surface area (Å²) in [5.74, 6) is 3.33. The van der Waals surface area contributed by atoms with Gasteiger partial charge in [-0.05, 0) is 121 Å². The molecule has 44 heavy (non-hydrogen) atoms.